The molecule has 1 fully saturated rings. The van der Waals surface area contributed by atoms with Crippen LogP contribution in [0, 0.1) is 0 Å². The number of hydrogen-bond acceptors (Lipinski definition) is 2. The van der Waals surface area contributed by atoms with Crippen LogP contribution >= 0.6 is 0 Å². The van der Waals surface area contributed by atoms with E-state index in [0.29, 0.717) is 6.10 Å². The minimum Gasteiger partial charge on any atom is -0.371 e. The number of ether oxygens (including phenoxy) is 1. The van der Waals surface area contributed by atoms with E-state index in [-0.39, 0.29) is 5.54 Å². The fourth-order valence-corrected chi connectivity index (χ4v) is 2.19. The molecule has 1 heterocycles. The van der Waals surface area contributed by atoms with Crippen molar-refractivity contribution in [1.29, 1.82) is 0 Å². The summed E-state index contributed by atoms with van der Waals surface area (Å²) < 4.78 is 5.94. The van der Waals surface area contributed by atoms with Gasteiger partial charge in [0.2, 0.25) is 0 Å². The molecule has 2 aliphatic rings. The Bertz CT molecular complexity index is 365. The smallest absolute Gasteiger partial charge is 0.0845 e. The van der Waals surface area contributed by atoms with Gasteiger partial charge in [0.15, 0.2) is 0 Å². The highest BCUT2D eigenvalue weighted by Gasteiger charge is 2.46. The summed E-state index contributed by atoms with van der Waals surface area (Å²) >= 11 is 0. The molecular formula is C13H15NO. The van der Waals surface area contributed by atoms with Gasteiger partial charge in [-0.2, -0.15) is 0 Å². The predicted octanol–water partition coefficient (Wildman–Crippen LogP) is 1.87. The van der Waals surface area contributed by atoms with Crippen molar-refractivity contribution >= 4 is 0 Å². The van der Waals surface area contributed by atoms with Crippen molar-refractivity contribution < 1.29 is 4.74 Å². The van der Waals surface area contributed by atoms with Gasteiger partial charge in [0, 0.05) is 0 Å². The summed E-state index contributed by atoms with van der Waals surface area (Å²) in [6.07, 6.45) is 5.85. The fraction of sp³-hybridized carbons (Fsp3) is 0.385. The molecule has 1 aliphatic carbocycles. The molecule has 1 saturated heterocycles. The maximum Gasteiger partial charge on any atom is 0.0845 e. The molecule has 1 unspecified atom stereocenters. The zero-order valence-corrected chi connectivity index (χ0v) is 8.65. The Morgan fingerprint density at radius 1 is 1.27 bits per heavy atom. The molecule has 1 aromatic carbocycles. The fourth-order valence-electron chi connectivity index (χ4n) is 2.19. The predicted molar refractivity (Wildman–Crippen MR) is 59.5 cm³/mol. The van der Waals surface area contributed by atoms with E-state index in [2.05, 4.69) is 41.7 Å². The Hall–Kier alpha value is -1.12. The van der Waals surface area contributed by atoms with Crippen LogP contribution in [-0.2, 0) is 11.3 Å². The number of hydrogen-bond donors (Lipinski definition) is 1. The van der Waals surface area contributed by atoms with E-state index in [1.54, 1.807) is 0 Å². The highest BCUT2D eigenvalue weighted by atomic mass is 16.5. The molecule has 0 bridgehead atoms. The first-order valence-electron chi connectivity index (χ1n) is 5.50. The summed E-state index contributed by atoms with van der Waals surface area (Å²) in [5, 5.41) is 3.46. The zero-order valence-electron chi connectivity index (χ0n) is 8.65. The van der Waals surface area contributed by atoms with Crippen molar-refractivity contribution in [2.45, 2.75) is 24.7 Å². The monoisotopic (exact) mass is 201 g/mol. The summed E-state index contributed by atoms with van der Waals surface area (Å²) in [6.45, 7) is 1.78. The van der Waals surface area contributed by atoms with Crippen LogP contribution in [0.4, 0.5) is 0 Å². The lowest BCUT2D eigenvalue weighted by atomic mass is 10.1. The minimum atomic E-state index is 0.120. The Balaban J connectivity index is 1.58. The number of nitrogens with one attached hydrogen (secondary N) is 1. The molecular weight excluding hydrogens is 186 g/mol. The molecule has 1 aromatic rings. The summed E-state index contributed by atoms with van der Waals surface area (Å²) in [5.74, 6) is 0. The minimum absolute atomic E-state index is 0.120. The Labute approximate surface area is 89.9 Å². The van der Waals surface area contributed by atoms with Crippen LogP contribution < -0.4 is 5.32 Å². The van der Waals surface area contributed by atoms with Gasteiger partial charge in [0.05, 0.1) is 18.2 Å². The molecule has 2 heteroatoms. The van der Waals surface area contributed by atoms with Crippen molar-refractivity contribution in [2.24, 2.45) is 0 Å². The Morgan fingerprint density at radius 3 is 2.80 bits per heavy atom. The van der Waals surface area contributed by atoms with E-state index in [4.69, 9.17) is 4.74 Å². The molecule has 0 amide bonds. The van der Waals surface area contributed by atoms with Crippen molar-refractivity contribution in [1.82, 2.24) is 5.32 Å². The summed E-state index contributed by atoms with van der Waals surface area (Å²) in [7, 11) is 0. The van der Waals surface area contributed by atoms with E-state index in [1.807, 2.05) is 6.07 Å². The van der Waals surface area contributed by atoms with Crippen LogP contribution in [0.2, 0.25) is 0 Å². The molecule has 1 atom stereocenters. The van der Waals surface area contributed by atoms with Crippen molar-refractivity contribution in [3.8, 4) is 0 Å². The SMILES string of the molecule is C1=CC12NCCC2OCc1ccccc1. The van der Waals surface area contributed by atoms with E-state index >= 15 is 0 Å². The number of rotatable bonds is 3. The van der Waals surface area contributed by atoms with Crippen LogP contribution in [0.5, 0.6) is 0 Å². The van der Waals surface area contributed by atoms with E-state index in [1.165, 1.54) is 5.56 Å². The topological polar surface area (TPSA) is 21.3 Å². The van der Waals surface area contributed by atoms with Crippen LogP contribution in [0.15, 0.2) is 42.5 Å². The largest absolute Gasteiger partial charge is 0.371 e. The van der Waals surface area contributed by atoms with Crippen molar-refractivity contribution in [3.05, 3.63) is 48.0 Å². The van der Waals surface area contributed by atoms with Gasteiger partial charge in [-0.1, -0.05) is 42.5 Å². The van der Waals surface area contributed by atoms with Crippen LogP contribution in [0.1, 0.15) is 12.0 Å². The molecule has 1 N–H and O–H groups in total. The summed E-state index contributed by atoms with van der Waals surface area (Å²) in [6, 6.07) is 10.3. The quantitative estimate of drug-likeness (QED) is 0.754. The van der Waals surface area contributed by atoms with Gasteiger partial charge in [-0.25, -0.2) is 0 Å². The third kappa shape index (κ3) is 1.71. The van der Waals surface area contributed by atoms with E-state index < -0.39 is 0 Å². The van der Waals surface area contributed by atoms with Crippen LogP contribution in [0.25, 0.3) is 0 Å². The van der Waals surface area contributed by atoms with Crippen molar-refractivity contribution in [2.75, 3.05) is 6.54 Å². The first kappa shape index (κ1) is 9.13. The lowest BCUT2D eigenvalue weighted by Gasteiger charge is -2.19. The summed E-state index contributed by atoms with van der Waals surface area (Å²) in [4.78, 5) is 0. The molecule has 0 radical (unpaired) electrons. The third-order valence-corrected chi connectivity index (χ3v) is 3.19. The molecule has 1 spiro atoms. The second-order valence-corrected chi connectivity index (χ2v) is 4.27. The second kappa shape index (κ2) is 3.47. The lowest BCUT2D eigenvalue weighted by molar-refractivity contribution is 0.0324. The standard InChI is InChI=1S/C13H15NO/c1-2-4-11(5-3-1)10-15-12-6-9-14-13(12)7-8-13/h1-5,7-8,12,14H,6,9-10H2. The zero-order chi connectivity index (χ0) is 10.1. The third-order valence-electron chi connectivity index (χ3n) is 3.19. The van der Waals surface area contributed by atoms with Crippen molar-refractivity contribution in [3.63, 3.8) is 0 Å². The first-order valence-corrected chi connectivity index (χ1v) is 5.50. The molecule has 15 heavy (non-hydrogen) atoms. The maximum absolute atomic E-state index is 5.94. The molecule has 1 aliphatic heterocycles. The van der Waals surface area contributed by atoms with Gasteiger partial charge in [0.1, 0.15) is 0 Å². The maximum atomic E-state index is 5.94. The van der Waals surface area contributed by atoms with Crippen LogP contribution in [-0.4, -0.2) is 18.2 Å². The first-order chi connectivity index (χ1) is 7.39. The van der Waals surface area contributed by atoms with Gasteiger partial charge >= 0.3 is 0 Å². The van der Waals surface area contributed by atoms with Gasteiger partial charge < -0.3 is 10.1 Å². The molecule has 0 saturated carbocycles. The lowest BCUT2D eigenvalue weighted by Crippen LogP contribution is -2.36. The molecule has 0 aromatic heterocycles. The summed E-state index contributed by atoms with van der Waals surface area (Å²) in [5.41, 5.74) is 1.37. The second-order valence-electron chi connectivity index (χ2n) is 4.27. The highest BCUT2D eigenvalue weighted by molar-refractivity contribution is 5.38. The molecule has 3 rings (SSSR count). The average molecular weight is 201 g/mol. The molecule has 78 valence electrons. The average Bonchev–Trinajstić information content (AvgIpc) is 2.93. The van der Waals surface area contributed by atoms with Gasteiger partial charge in [-0.15, -0.1) is 0 Å². The Kier molecular flexibility index (Phi) is 2.11. The van der Waals surface area contributed by atoms with Gasteiger partial charge in [-0.05, 0) is 18.5 Å². The van der Waals surface area contributed by atoms with Crippen LogP contribution in [0.3, 0.4) is 0 Å². The van der Waals surface area contributed by atoms with E-state index in [0.717, 1.165) is 19.6 Å². The Morgan fingerprint density at radius 2 is 2.07 bits per heavy atom. The van der Waals surface area contributed by atoms with Gasteiger partial charge in [0.25, 0.3) is 0 Å². The van der Waals surface area contributed by atoms with E-state index in [9.17, 15) is 0 Å². The number of benzene rings is 1. The molecule has 2 nitrogen and oxygen atoms in total. The highest BCUT2D eigenvalue weighted by Crippen LogP contribution is 2.35. The normalized spacial score (nSPS) is 26.0. The van der Waals surface area contributed by atoms with Gasteiger partial charge in [-0.3, -0.25) is 0 Å².